The molecule has 194 valence electrons. The molecule has 0 fully saturated rings. The number of nitrogens with zero attached hydrogens (tertiary/aromatic N) is 2. The maximum atomic E-state index is 12.9. The third-order valence-corrected chi connectivity index (χ3v) is 7.16. The van der Waals surface area contributed by atoms with Crippen molar-refractivity contribution in [3.05, 3.63) is 27.5 Å². The van der Waals surface area contributed by atoms with Crippen LogP contribution in [0.25, 0.3) is 10.2 Å². The van der Waals surface area contributed by atoms with Crippen LogP contribution in [0.3, 0.4) is 0 Å². The molecule has 1 aromatic carbocycles. The first-order valence-electron chi connectivity index (χ1n) is 11.3. The smallest absolute Gasteiger partial charge is 0.232 e. The molecule has 0 aliphatic carbocycles. The van der Waals surface area contributed by atoms with Crippen LogP contribution >= 0.6 is 27.3 Å². The number of benzene rings is 1. The predicted octanol–water partition coefficient (Wildman–Crippen LogP) is 6.05. The Bertz CT molecular complexity index is 1290. The first-order valence-corrected chi connectivity index (χ1v) is 12.9. The lowest BCUT2D eigenvalue weighted by molar-refractivity contribution is -0.123. The Labute approximate surface area is 223 Å². The molecule has 0 saturated carbocycles. The second-order valence-electron chi connectivity index (χ2n) is 10.3. The molecule has 0 saturated heterocycles. The van der Waals surface area contributed by atoms with Crippen LogP contribution in [0.1, 0.15) is 47.1 Å². The Morgan fingerprint density at radius 2 is 1.61 bits per heavy atom. The summed E-state index contributed by atoms with van der Waals surface area (Å²) in [5, 5.41) is 9.79. The van der Waals surface area contributed by atoms with E-state index in [0.29, 0.717) is 34.1 Å². The van der Waals surface area contributed by atoms with Gasteiger partial charge >= 0.3 is 0 Å². The number of rotatable bonds is 7. The molecule has 2 amide bonds. The number of carbonyl (C=O) groups excluding carboxylic acids is 2. The average Bonchev–Trinajstić information content (AvgIpc) is 3.10. The van der Waals surface area contributed by atoms with Gasteiger partial charge in [0.1, 0.15) is 22.1 Å². The van der Waals surface area contributed by atoms with Gasteiger partial charge in [-0.3, -0.25) is 14.9 Å². The second-order valence-corrected chi connectivity index (χ2v) is 12.6. The zero-order chi connectivity index (χ0) is 26.8. The number of hydrogen-bond acceptors (Lipinski definition) is 8. The quantitative estimate of drug-likeness (QED) is 0.313. The highest BCUT2D eigenvalue weighted by Crippen LogP contribution is 2.40. The Morgan fingerprint density at radius 1 is 0.972 bits per heavy atom. The first kappa shape index (κ1) is 27.7. The lowest BCUT2D eigenvalue weighted by atomic mass is 9.95. The van der Waals surface area contributed by atoms with Crippen molar-refractivity contribution in [2.75, 3.05) is 30.2 Å². The maximum absolute atomic E-state index is 12.9. The van der Waals surface area contributed by atoms with Crippen LogP contribution in [0.5, 0.6) is 11.5 Å². The highest BCUT2D eigenvalue weighted by atomic mass is 79.9. The van der Waals surface area contributed by atoms with Gasteiger partial charge in [0.25, 0.3) is 0 Å². The second kappa shape index (κ2) is 10.6. The van der Waals surface area contributed by atoms with Crippen LogP contribution in [0.15, 0.2) is 22.0 Å². The number of methoxy groups -OCH3 is 2. The maximum Gasteiger partial charge on any atom is 0.232 e. The molecule has 36 heavy (non-hydrogen) atoms. The summed E-state index contributed by atoms with van der Waals surface area (Å²) >= 11 is 5.04. The minimum Gasteiger partial charge on any atom is -0.497 e. The topological polar surface area (TPSA) is 114 Å². The summed E-state index contributed by atoms with van der Waals surface area (Å²) in [5.74, 6) is 1.39. The van der Waals surface area contributed by atoms with Crippen LogP contribution in [0.2, 0.25) is 0 Å². The summed E-state index contributed by atoms with van der Waals surface area (Å²) in [4.78, 5) is 35.2. The molecule has 0 unspecified atom stereocenters. The standard InChI is InChI=1S/C25H32BrN5O4S/c1-24(2,3)21(32)28-19-17-14(12-27-15-11-13(34-7)9-10-16(15)35-8)18(26)36-20(17)30-23(29-19)31-22(33)25(4,5)6/h9-11,27H,12H2,1-8H3,(H2,28,29,30,31,32,33). The Hall–Kier alpha value is -2.92. The summed E-state index contributed by atoms with van der Waals surface area (Å²) in [6.45, 7) is 11.3. The van der Waals surface area contributed by atoms with Crippen molar-refractivity contribution in [1.29, 1.82) is 0 Å². The molecule has 2 aromatic heterocycles. The van der Waals surface area contributed by atoms with Crippen LogP contribution < -0.4 is 25.4 Å². The van der Waals surface area contributed by atoms with Crippen molar-refractivity contribution in [3.63, 3.8) is 0 Å². The lowest BCUT2D eigenvalue weighted by Crippen LogP contribution is -2.30. The van der Waals surface area contributed by atoms with E-state index in [2.05, 4.69) is 41.8 Å². The molecule has 0 bridgehead atoms. The van der Waals surface area contributed by atoms with Crippen LogP contribution in [-0.4, -0.2) is 36.0 Å². The highest BCUT2D eigenvalue weighted by molar-refractivity contribution is 9.11. The van der Waals surface area contributed by atoms with Gasteiger partial charge in [0, 0.05) is 29.0 Å². The van der Waals surface area contributed by atoms with E-state index in [1.807, 2.05) is 59.7 Å². The minimum absolute atomic E-state index is 0.134. The molecule has 0 atom stereocenters. The zero-order valence-corrected chi connectivity index (χ0v) is 24.2. The minimum atomic E-state index is -0.647. The van der Waals surface area contributed by atoms with Crippen LogP contribution in [0, 0.1) is 10.8 Å². The summed E-state index contributed by atoms with van der Waals surface area (Å²) < 4.78 is 11.6. The number of thiophene rings is 1. The molecule has 3 rings (SSSR count). The fourth-order valence-electron chi connectivity index (χ4n) is 3.05. The Balaban J connectivity index is 2.07. The number of fused-ring (bicyclic) bond motifs is 1. The van der Waals surface area contributed by atoms with Gasteiger partial charge in [-0.1, -0.05) is 41.5 Å². The Kier molecular flexibility index (Phi) is 8.14. The largest absolute Gasteiger partial charge is 0.497 e. The fourth-order valence-corrected chi connectivity index (χ4v) is 4.77. The van der Waals surface area contributed by atoms with Crippen molar-refractivity contribution in [2.24, 2.45) is 10.8 Å². The van der Waals surface area contributed by atoms with Gasteiger partial charge in [-0.05, 0) is 28.1 Å². The number of aromatic nitrogens is 2. The Morgan fingerprint density at radius 3 is 2.19 bits per heavy atom. The SMILES string of the molecule is COc1ccc(OC)c(NCc2c(Br)sc3nc(NC(=O)C(C)(C)C)nc(NC(=O)C(C)(C)C)c23)c1. The molecule has 3 N–H and O–H groups in total. The van der Waals surface area contributed by atoms with Crippen LogP contribution in [-0.2, 0) is 16.1 Å². The number of halogens is 1. The van der Waals surface area contributed by atoms with E-state index in [1.165, 1.54) is 11.3 Å². The summed E-state index contributed by atoms with van der Waals surface area (Å²) in [5.41, 5.74) is 0.330. The number of carbonyl (C=O) groups is 2. The van der Waals surface area contributed by atoms with Gasteiger partial charge in [-0.15, -0.1) is 11.3 Å². The monoisotopic (exact) mass is 577 g/mol. The third-order valence-electron chi connectivity index (χ3n) is 5.28. The molecule has 0 spiro atoms. The van der Waals surface area contributed by atoms with Gasteiger partial charge < -0.3 is 20.1 Å². The lowest BCUT2D eigenvalue weighted by Gasteiger charge is -2.20. The van der Waals surface area contributed by atoms with Gasteiger partial charge in [-0.25, -0.2) is 4.98 Å². The normalized spacial score (nSPS) is 11.8. The van der Waals surface area contributed by atoms with E-state index in [-0.39, 0.29) is 17.8 Å². The summed E-state index contributed by atoms with van der Waals surface area (Å²) in [6, 6.07) is 5.49. The molecule has 2 heterocycles. The average molecular weight is 579 g/mol. The van der Waals surface area contributed by atoms with Crippen molar-refractivity contribution in [3.8, 4) is 11.5 Å². The first-order chi connectivity index (χ1) is 16.7. The van der Waals surface area contributed by atoms with E-state index in [0.717, 1.165) is 15.0 Å². The number of amides is 2. The number of anilines is 3. The van der Waals surface area contributed by atoms with Crippen LogP contribution in [0.4, 0.5) is 17.5 Å². The van der Waals surface area contributed by atoms with Gasteiger partial charge in [0.05, 0.1) is 29.1 Å². The molecule has 3 aromatic rings. The zero-order valence-electron chi connectivity index (χ0n) is 21.8. The van der Waals surface area contributed by atoms with Crippen molar-refractivity contribution >= 4 is 66.8 Å². The van der Waals surface area contributed by atoms with Crippen molar-refractivity contribution in [1.82, 2.24) is 9.97 Å². The van der Waals surface area contributed by atoms with Gasteiger partial charge in [-0.2, -0.15) is 4.98 Å². The number of ether oxygens (including phenoxy) is 2. The van der Waals surface area contributed by atoms with E-state index >= 15 is 0 Å². The summed E-state index contributed by atoms with van der Waals surface area (Å²) in [6.07, 6.45) is 0. The van der Waals surface area contributed by atoms with Gasteiger partial charge in [0.2, 0.25) is 17.8 Å². The molecule has 0 aliphatic rings. The third kappa shape index (κ3) is 6.25. The fraction of sp³-hybridized carbons (Fsp3) is 0.440. The van der Waals surface area contributed by atoms with Gasteiger partial charge in [0.15, 0.2) is 0 Å². The molecular weight excluding hydrogens is 546 g/mol. The number of hydrogen-bond donors (Lipinski definition) is 3. The molecule has 9 nitrogen and oxygen atoms in total. The molecular formula is C25H32BrN5O4S. The van der Waals surface area contributed by atoms with Crippen molar-refractivity contribution in [2.45, 2.75) is 48.1 Å². The van der Waals surface area contributed by atoms with E-state index < -0.39 is 10.8 Å². The van der Waals surface area contributed by atoms with E-state index in [1.54, 1.807) is 14.2 Å². The number of nitrogens with one attached hydrogen (secondary N) is 3. The summed E-state index contributed by atoms with van der Waals surface area (Å²) in [7, 11) is 3.20. The van der Waals surface area contributed by atoms with E-state index in [9.17, 15) is 9.59 Å². The van der Waals surface area contributed by atoms with E-state index in [4.69, 9.17) is 9.47 Å². The molecule has 11 heteroatoms. The molecule has 0 aliphatic heterocycles. The van der Waals surface area contributed by atoms with Crippen molar-refractivity contribution < 1.29 is 19.1 Å². The molecule has 0 radical (unpaired) electrons. The highest BCUT2D eigenvalue weighted by Gasteiger charge is 2.27. The predicted molar refractivity (Wildman–Crippen MR) is 148 cm³/mol.